The van der Waals surface area contributed by atoms with E-state index in [0.29, 0.717) is 11.1 Å². The fourth-order valence-electron chi connectivity index (χ4n) is 2.30. The highest BCUT2D eigenvalue weighted by atomic mass is 31.2. The summed E-state index contributed by atoms with van der Waals surface area (Å²) in [5.74, 6) is -2.15. The number of amides is 1. The Balaban J connectivity index is 1.94. The van der Waals surface area contributed by atoms with Crippen molar-refractivity contribution in [2.75, 3.05) is 0 Å². The van der Waals surface area contributed by atoms with Gasteiger partial charge in [0.05, 0.1) is 6.42 Å². The van der Waals surface area contributed by atoms with Crippen molar-refractivity contribution < 1.29 is 39.2 Å². The first-order valence-electron chi connectivity index (χ1n) is 7.97. The van der Waals surface area contributed by atoms with Gasteiger partial charge in [0.25, 0.3) is 0 Å². The number of phenols is 2. The molecular formula is C17H19N2O8P. The zero-order valence-electron chi connectivity index (χ0n) is 14.4. The number of aliphatic carboxylic acids is 1. The minimum Gasteiger partial charge on any atom is -0.508 e. The smallest absolute Gasteiger partial charge is 0.391 e. The molecule has 2 aromatic carbocycles. The number of hydrogen-bond acceptors (Lipinski definition) is 8. The van der Waals surface area contributed by atoms with Crippen molar-refractivity contribution in [3.8, 4) is 17.2 Å². The van der Waals surface area contributed by atoms with Crippen LogP contribution in [0.4, 0.5) is 0 Å². The van der Waals surface area contributed by atoms with E-state index in [1.165, 1.54) is 30.3 Å². The van der Waals surface area contributed by atoms with Crippen LogP contribution in [0.5, 0.6) is 17.2 Å². The number of benzene rings is 2. The topological polar surface area (TPSA) is 169 Å². The Morgan fingerprint density at radius 2 is 1.68 bits per heavy atom. The highest BCUT2D eigenvalue weighted by molar-refractivity contribution is 7.39. The monoisotopic (exact) mass is 410 g/mol. The summed E-state index contributed by atoms with van der Waals surface area (Å²) in [7, 11) is -2.69. The Kier molecular flexibility index (Phi) is 7.53. The molecular weight excluding hydrogens is 391 g/mol. The molecule has 0 aliphatic heterocycles. The van der Waals surface area contributed by atoms with Crippen LogP contribution < -0.4 is 15.4 Å². The second kappa shape index (κ2) is 9.86. The van der Waals surface area contributed by atoms with E-state index in [4.69, 9.17) is 9.79 Å². The van der Waals surface area contributed by atoms with E-state index in [0.717, 1.165) is 0 Å². The summed E-state index contributed by atoms with van der Waals surface area (Å²) in [6.07, 6.45) is -0.0899. The second-order valence-corrected chi connectivity index (χ2v) is 6.46. The number of rotatable bonds is 9. The van der Waals surface area contributed by atoms with Crippen LogP contribution in [0.25, 0.3) is 0 Å². The molecule has 0 fully saturated rings. The molecule has 0 heterocycles. The van der Waals surface area contributed by atoms with Gasteiger partial charge in [-0.3, -0.25) is 15.0 Å². The molecule has 2 rings (SSSR count). The van der Waals surface area contributed by atoms with E-state index in [1.54, 1.807) is 12.1 Å². The first-order chi connectivity index (χ1) is 13.2. The predicted molar refractivity (Wildman–Crippen MR) is 98.3 cm³/mol. The minimum absolute atomic E-state index is 0.0161. The average molecular weight is 410 g/mol. The third kappa shape index (κ3) is 6.67. The maximum Gasteiger partial charge on any atom is 0.391 e. The quantitative estimate of drug-likeness (QED) is 0.230. The third-order valence-corrected chi connectivity index (χ3v) is 3.99. The number of carbonyl (C=O) groups is 2. The Morgan fingerprint density at radius 3 is 2.25 bits per heavy atom. The predicted octanol–water partition coefficient (Wildman–Crippen LogP) is 0.547. The lowest BCUT2D eigenvalue weighted by Gasteiger charge is -2.16. The first kappa shape index (κ1) is 21.4. The van der Waals surface area contributed by atoms with Crippen LogP contribution in [0.1, 0.15) is 11.1 Å². The van der Waals surface area contributed by atoms with Crippen molar-refractivity contribution in [2.45, 2.75) is 18.9 Å². The van der Waals surface area contributed by atoms with Gasteiger partial charge in [0, 0.05) is 6.42 Å². The number of aromatic hydroxyl groups is 2. The van der Waals surface area contributed by atoms with Crippen molar-refractivity contribution in [1.29, 1.82) is 0 Å². The van der Waals surface area contributed by atoms with Gasteiger partial charge in [-0.05, 0) is 35.4 Å². The number of carboxylic acid groups (broad SMARTS) is 1. The molecule has 28 heavy (non-hydrogen) atoms. The van der Waals surface area contributed by atoms with Crippen LogP contribution in [0.3, 0.4) is 0 Å². The zero-order chi connectivity index (χ0) is 20.7. The van der Waals surface area contributed by atoms with E-state index in [-0.39, 0.29) is 30.1 Å². The molecule has 0 saturated heterocycles. The number of nitrogens with one attached hydrogen (secondary N) is 2. The van der Waals surface area contributed by atoms with E-state index >= 15 is 0 Å². The summed E-state index contributed by atoms with van der Waals surface area (Å²) in [5, 5.41) is 28.3. The van der Waals surface area contributed by atoms with Crippen molar-refractivity contribution >= 4 is 20.5 Å². The van der Waals surface area contributed by atoms with Crippen molar-refractivity contribution in [3.05, 3.63) is 53.6 Å². The van der Waals surface area contributed by atoms with Gasteiger partial charge in [0.15, 0.2) is 11.5 Å². The van der Waals surface area contributed by atoms with Gasteiger partial charge in [-0.2, -0.15) is 0 Å². The van der Waals surface area contributed by atoms with Crippen LogP contribution in [-0.4, -0.2) is 43.0 Å². The zero-order valence-corrected chi connectivity index (χ0v) is 15.3. The van der Waals surface area contributed by atoms with Crippen LogP contribution in [-0.2, 0) is 22.4 Å². The number of carbonyl (C=O) groups excluding carboxylic acids is 1. The first-order valence-corrected chi connectivity index (χ1v) is 9.14. The number of hydrogen-bond donors (Lipinski definition) is 7. The molecule has 0 aliphatic rings. The number of hydrazine groups is 1. The van der Waals surface area contributed by atoms with E-state index in [2.05, 4.69) is 15.4 Å². The lowest BCUT2D eigenvalue weighted by molar-refractivity contribution is -0.140. The molecule has 1 atom stereocenters. The minimum atomic E-state index is -2.69. The van der Waals surface area contributed by atoms with E-state index in [9.17, 15) is 24.9 Å². The molecule has 0 bridgehead atoms. The number of phenolic OH excluding ortho intramolecular Hbond substituents is 2. The highest BCUT2D eigenvalue weighted by Crippen LogP contribution is 2.36. The molecule has 0 aromatic heterocycles. The molecule has 0 spiro atoms. The average Bonchev–Trinajstić information content (AvgIpc) is 2.62. The van der Waals surface area contributed by atoms with E-state index in [1.807, 2.05) is 0 Å². The van der Waals surface area contributed by atoms with Crippen molar-refractivity contribution in [1.82, 2.24) is 10.9 Å². The Bertz CT molecular complexity index is 828. The molecule has 11 heteroatoms. The molecule has 7 N–H and O–H groups in total. The Morgan fingerprint density at radius 1 is 1.04 bits per heavy atom. The second-order valence-electron chi connectivity index (χ2n) is 5.78. The van der Waals surface area contributed by atoms with Gasteiger partial charge in [-0.25, -0.2) is 5.43 Å². The normalized spacial score (nSPS) is 11.8. The molecule has 150 valence electrons. The maximum atomic E-state index is 11.9. The van der Waals surface area contributed by atoms with Crippen LogP contribution in [0.2, 0.25) is 0 Å². The van der Waals surface area contributed by atoms with Crippen molar-refractivity contribution in [3.63, 3.8) is 0 Å². The number of carboxylic acids is 1. The van der Waals surface area contributed by atoms with Gasteiger partial charge < -0.3 is 29.6 Å². The maximum absolute atomic E-state index is 11.9. The van der Waals surface area contributed by atoms with Gasteiger partial charge >= 0.3 is 14.6 Å². The summed E-state index contributed by atoms with van der Waals surface area (Å²) in [6.45, 7) is 0. The molecule has 0 aliphatic carbocycles. The summed E-state index contributed by atoms with van der Waals surface area (Å²) in [6, 6.07) is 8.78. The lowest BCUT2D eigenvalue weighted by atomic mass is 10.1. The van der Waals surface area contributed by atoms with Gasteiger partial charge in [0.2, 0.25) is 5.91 Å². The SMILES string of the molecule is O=C(Cc1ccc(O)cc1)NNC(Cc1ccc(OP(O)O)c(O)c1)C(=O)O. The molecule has 2 aromatic rings. The molecule has 0 radical (unpaired) electrons. The fourth-order valence-corrected chi connectivity index (χ4v) is 2.63. The summed E-state index contributed by atoms with van der Waals surface area (Å²) >= 11 is 0. The molecule has 0 saturated carbocycles. The van der Waals surface area contributed by atoms with Gasteiger partial charge in [-0.1, -0.05) is 18.2 Å². The fraction of sp³-hybridized carbons (Fsp3) is 0.176. The molecule has 10 nitrogen and oxygen atoms in total. The van der Waals surface area contributed by atoms with Gasteiger partial charge in [-0.15, -0.1) is 0 Å². The third-order valence-electron chi connectivity index (χ3n) is 3.63. The summed E-state index contributed by atoms with van der Waals surface area (Å²) < 4.78 is 4.62. The largest absolute Gasteiger partial charge is 0.508 e. The highest BCUT2D eigenvalue weighted by Gasteiger charge is 2.20. The standard InChI is InChI=1S/C17H19N2O8P/c20-12-4-1-10(2-5-12)9-16(22)19-18-13(17(23)24)7-11-3-6-15(14(21)8-11)27-28(25)26/h1-6,8,13,18,20-21,25-26H,7,9H2,(H,19,22)(H,23,24). The summed E-state index contributed by atoms with van der Waals surface area (Å²) in [5.41, 5.74) is 5.79. The van der Waals surface area contributed by atoms with E-state index < -0.39 is 26.5 Å². The lowest BCUT2D eigenvalue weighted by Crippen LogP contribution is -2.49. The van der Waals surface area contributed by atoms with Crippen LogP contribution in [0.15, 0.2) is 42.5 Å². The Labute approximate surface area is 161 Å². The van der Waals surface area contributed by atoms with Crippen LogP contribution >= 0.6 is 8.60 Å². The molecule has 1 amide bonds. The Hall–Kier alpha value is -2.91. The van der Waals surface area contributed by atoms with Gasteiger partial charge in [0.1, 0.15) is 11.8 Å². The van der Waals surface area contributed by atoms with Crippen LogP contribution in [0, 0.1) is 0 Å². The van der Waals surface area contributed by atoms with Crippen molar-refractivity contribution in [2.24, 2.45) is 0 Å². The summed E-state index contributed by atoms with van der Waals surface area (Å²) in [4.78, 5) is 41.0. The molecule has 1 unspecified atom stereocenters.